The molecule has 1 aliphatic rings. The summed E-state index contributed by atoms with van der Waals surface area (Å²) in [5, 5.41) is 5.86. The van der Waals surface area contributed by atoms with Crippen LogP contribution in [0, 0.1) is 0 Å². The summed E-state index contributed by atoms with van der Waals surface area (Å²) in [6.07, 6.45) is 3.21. The Morgan fingerprint density at radius 2 is 2.11 bits per heavy atom. The second-order valence-electron chi connectivity index (χ2n) is 4.82. The van der Waals surface area contributed by atoms with Crippen LogP contribution >= 0.6 is 15.9 Å². The molecule has 1 aromatic rings. The molecule has 0 heterocycles. The Hall–Kier alpha value is -1.07. The summed E-state index contributed by atoms with van der Waals surface area (Å²) in [5.74, 6) is 0. The van der Waals surface area contributed by atoms with E-state index in [0.29, 0.717) is 6.54 Å². The fourth-order valence-electron chi connectivity index (χ4n) is 2.31. The van der Waals surface area contributed by atoms with Gasteiger partial charge >= 0.3 is 6.03 Å². The van der Waals surface area contributed by atoms with Gasteiger partial charge in [-0.2, -0.15) is 0 Å². The van der Waals surface area contributed by atoms with Crippen LogP contribution in [0.25, 0.3) is 0 Å². The van der Waals surface area contributed by atoms with E-state index in [9.17, 15) is 4.79 Å². The van der Waals surface area contributed by atoms with Gasteiger partial charge in [-0.3, -0.25) is 0 Å². The van der Waals surface area contributed by atoms with E-state index in [1.165, 1.54) is 0 Å². The highest BCUT2D eigenvalue weighted by Crippen LogP contribution is 2.21. The number of halogens is 1. The third-order valence-corrected chi connectivity index (χ3v) is 3.95. The van der Waals surface area contributed by atoms with Crippen molar-refractivity contribution in [2.24, 2.45) is 0 Å². The van der Waals surface area contributed by atoms with Gasteiger partial charge in [0, 0.05) is 24.2 Å². The van der Waals surface area contributed by atoms with Crippen molar-refractivity contribution in [2.75, 3.05) is 7.11 Å². The molecule has 2 atom stereocenters. The first-order chi connectivity index (χ1) is 9.17. The highest BCUT2D eigenvalue weighted by molar-refractivity contribution is 9.10. The Kier molecular flexibility index (Phi) is 5.22. The van der Waals surface area contributed by atoms with Crippen molar-refractivity contribution < 1.29 is 9.53 Å². The number of carbonyl (C=O) groups is 1. The first-order valence-electron chi connectivity index (χ1n) is 6.49. The van der Waals surface area contributed by atoms with Crippen LogP contribution in [-0.2, 0) is 11.3 Å². The van der Waals surface area contributed by atoms with Crippen molar-refractivity contribution in [1.29, 1.82) is 0 Å². The van der Waals surface area contributed by atoms with Gasteiger partial charge in [-0.1, -0.05) is 28.1 Å². The van der Waals surface area contributed by atoms with Gasteiger partial charge in [0.2, 0.25) is 0 Å². The molecule has 0 spiro atoms. The number of amides is 2. The van der Waals surface area contributed by atoms with Crippen LogP contribution in [0.15, 0.2) is 28.7 Å². The van der Waals surface area contributed by atoms with Crippen molar-refractivity contribution in [1.82, 2.24) is 10.6 Å². The zero-order chi connectivity index (χ0) is 13.7. The number of carbonyl (C=O) groups excluding carboxylic acids is 1. The molecule has 19 heavy (non-hydrogen) atoms. The van der Waals surface area contributed by atoms with Gasteiger partial charge in [0.1, 0.15) is 0 Å². The van der Waals surface area contributed by atoms with E-state index in [-0.39, 0.29) is 18.2 Å². The molecule has 4 nitrogen and oxygen atoms in total. The van der Waals surface area contributed by atoms with Crippen LogP contribution in [0.4, 0.5) is 4.79 Å². The first kappa shape index (κ1) is 14.3. The SMILES string of the molecule is CO[C@H]1CC[C@@H](NC(=O)NCc2ccc(Br)cc2)C1. The molecule has 5 heteroatoms. The largest absolute Gasteiger partial charge is 0.381 e. The molecule has 0 saturated heterocycles. The van der Waals surface area contributed by atoms with Crippen LogP contribution in [0.5, 0.6) is 0 Å². The quantitative estimate of drug-likeness (QED) is 0.893. The van der Waals surface area contributed by atoms with Crippen molar-refractivity contribution in [3.05, 3.63) is 34.3 Å². The van der Waals surface area contributed by atoms with Crippen molar-refractivity contribution in [3.63, 3.8) is 0 Å². The fourth-order valence-corrected chi connectivity index (χ4v) is 2.57. The number of rotatable bonds is 4. The topological polar surface area (TPSA) is 50.4 Å². The van der Waals surface area contributed by atoms with Crippen LogP contribution in [0.3, 0.4) is 0 Å². The lowest BCUT2D eigenvalue weighted by molar-refractivity contribution is 0.107. The lowest BCUT2D eigenvalue weighted by Crippen LogP contribution is -2.40. The Balaban J connectivity index is 1.71. The smallest absolute Gasteiger partial charge is 0.315 e. The summed E-state index contributed by atoms with van der Waals surface area (Å²) in [5.41, 5.74) is 1.08. The van der Waals surface area contributed by atoms with E-state index in [4.69, 9.17) is 4.74 Å². The zero-order valence-corrected chi connectivity index (χ0v) is 12.6. The molecule has 1 aromatic carbocycles. The molecular weight excluding hydrogens is 308 g/mol. The summed E-state index contributed by atoms with van der Waals surface area (Å²) in [4.78, 5) is 11.8. The molecule has 0 aromatic heterocycles. The molecule has 0 radical (unpaired) electrons. The number of ether oxygens (including phenoxy) is 1. The monoisotopic (exact) mass is 326 g/mol. The van der Waals surface area contributed by atoms with E-state index in [0.717, 1.165) is 29.3 Å². The molecule has 0 aliphatic heterocycles. The number of methoxy groups -OCH3 is 1. The second-order valence-corrected chi connectivity index (χ2v) is 5.74. The minimum atomic E-state index is -0.107. The lowest BCUT2D eigenvalue weighted by atomic mass is 10.2. The van der Waals surface area contributed by atoms with E-state index in [1.54, 1.807) is 7.11 Å². The van der Waals surface area contributed by atoms with Gasteiger partial charge in [0.15, 0.2) is 0 Å². The number of hydrogen-bond donors (Lipinski definition) is 2. The van der Waals surface area contributed by atoms with Crippen molar-refractivity contribution in [3.8, 4) is 0 Å². The Bertz CT molecular complexity index is 422. The Morgan fingerprint density at radius 3 is 2.74 bits per heavy atom. The van der Waals surface area contributed by atoms with Crippen molar-refractivity contribution in [2.45, 2.75) is 38.0 Å². The molecule has 2 amide bonds. The average Bonchev–Trinajstić information content (AvgIpc) is 2.86. The Morgan fingerprint density at radius 1 is 1.37 bits per heavy atom. The minimum Gasteiger partial charge on any atom is -0.381 e. The molecule has 1 fully saturated rings. The highest BCUT2D eigenvalue weighted by Gasteiger charge is 2.25. The maximum atomic E-state index is 11.8. The number of urea groups is 1. The van der Waals surface area contributed by atoms with E-state index in [1.807, 2.05) is 24.3 Å². The molecule has 2 rings (SSSR count). The third kappa shape index (κ3) is 4.51. The van der Waals surface area contributed by atoms with Crippen LogP contribution in [-0.4, -0.2) is 25.3 Å². The van der Waals surface area contributed by atoms with E-state index in [2.05, 4.69) is 26.6 Å². The van der Waals surface area contributed by atoms with Gasteiger partial charge in [-0.25, -0.2) is 4.79 Å². The summed E-state index contributed by atoms with van der Waals surface area (Å²) >= 11 is 3.38. The molecule has 0 unspecified atom stereocenters. The van der Waals surface area contributed by atoms with Gasteiger partial charge in [0.25, 0.3) is 0 Å². The zero-order valence-electron chi connectivity index (χ0n) is 11.0. The average molecular weight is 327 g/mol. The second kappa shape index (κ2) is 6.91. The summed E-state index contributed by atoms with van der Waals surface area (Å²) in [7, 11) is 1.72. The number of nitrogens with one attached hydrogen (secondary N) is 2. The Labute approximate surface area is 122 Å². The van der Waals surface area contributed by atoms with Gasteiger partial charge < -0.3 is 15.4 Å². The molecule has 1 saturated carbocycles. The molecule has 1 aliphatic carbocycles. The van der Waals surface area contributed by atoms with Crippen molar-refractivity contribution >= 4 is 22.0 Å². The van der Waals surface area contributed by atoms with Gasteiger partial charge in [-0.15, -0.1) is 0 Å². The normalized spacial score (nSPS) is 22.2. The van der Waals surface area contributed by atoms with E-state index < -0.39 is 0 Å². The predicted molar refractivity (Wildman–Crippen MR) is 77.9 cm³/mol. The minimum absolute atomic E-state index is 0.107. The van der Waals surface area contributed by atoms with Gasteiger partial charge in [-0.05, 0) is 37.0 Å². The highest BCUT2D eigenvalue weighted by atomic mass is 79.9. The molecular formula is C14H19BrN2O2. The molecule has 2 N–H and O–H groups in total. The molecule has 104 valence electrons. The van der Waals surface area contributed by atoms with Crippen LogP contribution in [0.2, 0.25) is 0 Å². The lowest BCUT2D eigenvalue weighted by Gasteiger charge is -2.13. The van der Waals surface area contributed by atoms with E-state index >= 15 is 0 Å². The number of hydrogen-bond acceptors (Lipinski definition) is 2. The maximum absolute atomic E-state index is 11.8. The van der Waals surface area contributed by atoms with Crippen LogP contribution in [0.1, 0.15) is 24.8 Å². The predicted octanol–water partition coefficient (Wildman–Crippen LogP) is 2.82. The summed E-state index contributed by atoms with van der Waals surface area (Å²) in [6.45, 7) is 0.541. The number of benzene rings is 1. The van der Waals surface area contributed by atoms with Gasteiger partial charge in [0.05, 0.1) is 6.10 Å². The first-order valence-corrected chi connectivity index (χ1v) is 7.28. The summed E-state index contributed by atoms with van der Waals surface area (Å²) < 4.78 is 6.33. The van der Waals surface area contributed by atoms with Crippen LogP contribution < -0.4 is 10.6 Å². The fraction of sp³-hybridized carbons (Fsp3) is 0.500. The third-order valence-electron chi connectivity index (χ3n) is 3.42. The summed E-state index contributed by atoms with van der Waals surface area (Å²) in [6, 6.07) is 8.03. The molecule has 0 bridgehead atoms. The standard InChI is InChI=1S/C14H19BrN2O2/c1-19-13-7-6-12(8-13)17-14(18)16-9-10-2-4-11(15)5-3-10/h2-5,12-13H,6-9H2,1H3,(H2,16,17,18)/t12-,13+/m1/s1. The maximum Gasteiger partial charge on any atom is 0.315 e.